The van der Waals surface area contributed by atoms with Gasteiger partial charge in [-0.25, -0.2) is 14.6 Å². The molecule has 2 aromatic heterocycles. The number of nitrogens with one attached hydrogen (secondary N) is 2. The van der Waals surface area contributed by atoms with Crippen LogP contribution in [0.1, 0.15) is 143 Å². The molecule has 0 radical (unpaired) electrons. The van der Waals surface area contributed by atoms with Gasteiger partial charge in [0.15, 0.2) is 4.47 Å². The number of likely N-dealkylation sites (tertiary alicyclic amines) is 2. The highest BCUT2D eigenvalue weighted by Gasteiger charge is 2.54. The molecule has 0 bridgehead atoms. The molecular formula is C40H63ClN6O6S3. The lowest BCUT2D eigenvalue weighted by atomic mass is 9.73. The molecule has 4 atom stereocenters. The number of halogens is 1. The number of fused-ring (bicyclic) bond motifs is 2. The van der Waals surface area contributed by atoms with E-state index >= 15 is 0 Å². The molecule has 56 heavy (non-hydrogen) atoms. The summed E-state index contributed by atoms with van der Waals surface area (Å²) in [6.07, 6.45) is 6.31. The van der Waals surface area contributed by atoms with Crippen molar-refractivity contribution in [1.82, 2.24) is 29.2 Å². The normalized spacial score (nSPS) is 22.9. The van der Waals surface area contributed by atoms with Crippen LogP contribution < -0.4 is 9.44 Å². The maximum absolute atomic E-state index is 12.9. The van der Waals surface area contributed by atoms with Crippen molar-refractivity contribution in [1.29, 1.82) is 0 Å². The highest BCUT2D eigenvalue weighted by Crippen LogP contribution is 2.55. The lowest BCUT2D eigenvalue weighted by molar-refractivity contribution is 0.00611. The van der Waals surface area contributed by atoms with E-state index in [0.29, 0.717) is 30.6 Å². The molecule has 314 valence electrons. The van der Waals surface area contributed by atoms with Gasteiger partial charge in [-0.05, 0) is 133 Å². The Bertz CT molecular complexity index is 1700. The van der Waals surface area contributed by atoms with E-state index in [1.54, 1.807) is 9.80 Å². The molecule has 0 aromatic carbocycles. The molecule has 4 aliphatic rings. The molecule has 1 unspecified atom stereocenters. The number of hydrogen-bond acceptors (Lipinski definition) is 11. The Morgan fingerprint density at radius 2 is 1.23 bits per heavy atom. The summed E-state index contributed by atoms with van der Waals surface area (Å²) in [6.45, 7) is 25.6. The lowest BCUT2D eigenvalue weighted by Gasteiger charge is -2.43. The van der Waals surface area contributed by atoms with Crippen molar-refractivity contribution in [3.05, 3.63) is 44.6 Å². The summed E-state index contributed by atoms with van der Waals surface area (Å²) in [6, 6.07) is 3.90. The van der Waals surface area contributed by atoms with Gasteiger partial charge in [-0.15, -0.1) is 20.8 Å². The fraction of sp³-hybridized carbons (Fsp3) is 0.750. The summed E-state index contributed by atoms with van der Waals surface area (Å²) < 4.78 is 43.4. The van der Waals surface area contributed by atoms with E-state index in [-0.39, 0.29) is 44.6 Å². The van der Waals surface area contributed by atoms with E-state index in [1.165, 1.54) is 16.2 Å². The predicted octanol–water partition coefficient (Wildman–Crippen LogP) is 8.21. The second kappa shape index (κ2) is 16.7. The van der Waals surface area contributed by atoms with Gasteiger partial charge in [-0.3, -0.25) is 4.98 Å². The zero-order valence-electron chi connectivity index (χ0n) is 35.3. The molecular weight excluding hydrogens is 792 g/mol. The van der Waals surface area contributed by atoms with Crippen LogP contribution in [0.3, 0.4) is 0 Å². The van der Waals surface area contributed by atoms with Gasteiger partial charge >= 0.3 is 12.2 Å². The third-order valence-electron chi connectivity index (χ3n) is 10.9. The van der Waals surface area contributed by atoms with Gasteiger partial charge in [0.25, 0.3) is 0 Å². The van der Waals surface area contributed by atoms with E-state index in [2.05, 4.69) is 25.5 Å². The molecule has 2 saturated heterocycles. The second-order valence-electron chi connectivity index (χ2n) is 19.7. The molecule has 6 rings (SSSR count). The van der Waals surface area contributed by atoms with Crippen LogP contribution >= 0.6 is 22.9 Å². The van der Waals surface area contributed by atoms with Crippen molar-refractivity contribution >= 4 is 57.8 Å². The smallest absolute Gasteiger partial charge is 0.410 e. The van der Waals surface area contributed by atoms with E-state index in [0.717, 1.165) is 55.5 Å². The summed E-state index contributed by atoms with van der Waals surface area (Å²) in [4.78, 5) is 38.8. The van der Waals surface area contributed by atoms with Crippen molar-refractivity contribution < 1.29 is 28.2 Å². The standard InChI is InChI=1S/C21H33N3O3S.C19H30ClN3O3S2/c1-19(2,3)27-18(25)24-12-9-21(10-13-24)14-16-15(8-7-11-22-16)17(21)23-28(26)20(4,5)6;1-17(2,3)26-16(24)23-9-7-19(8-10-23)11-12-13(21-15(20)27-12)14(19)22-28(25)18(4,5)6/h7-8,11,17,23H,9-10,12-14H2,1-6H3;14,22H,7-11H2,1-6H3/t17-,28-;14-,28?/m11/s1. The Labute approximate surface area is 349 Å². The van der Waals surface area contributed by atoms with Gasteiger partial charge in [0.2, 0.25) is 0 Å². The number of ether oxygens (including phenoxy) is 2. The zero-order chi connectivity index (χ0) is 41.6. The van der Waals surface area contributed by atoms with Crippen LogP contribution in [0, 0.1) is 10.8 Å². The number of carbonyl (C=O) groups excluding carboxylic acids is 2. The average molecular weight is 856 g/mol. The minimum Gasteiger partial charge on any atom is -0.598 e. The van der Waals surface area contributed by atoms with Crippen LogP contribution in [0.25, 0.3) is 0 Å². The number of thiazole rings is 1. The highest BCUT2D eigenvalue weighted by molar-refractivity contribution is 7.91. The van der Waals surface area contributed by atoms with Crippen LogP contribution in [-0.4, -0.2) is 87.9 Å². The molecule has 0 saturated carbocycles. The summed E-state index contributed by atoms with van der Waals surface area (Å²) in [5, 5.41) is 0. The molecule has 4 heterocycles. The van der Waals surface area contributed by atoms with Crippen LogP contribution in [0.4, 0.5) is 9.59 Å². The first-order chi connectivity index (χ1) is 25.7. The van der Waals surface area contributed by atoms with Crippen LogP contribution in [0.15, 0.2) is 18.3 Å². The number of carbonyl (C=O) groups is 2. The SMILES string of the molecule is CC(C)(C)OC(=O)N1CCC2(CC1)Cc1ncccc1[C@H]2N[S@+]([O-])C(C)(C)C.CC(C)(C)OC(=O)N1CCC2(CC1)Cc1sc(Cl)nc1[C@H]2N[S+]([O-])C(C)(C)C. The summed E-state index contributed by atoms with van der Waals surface area (Å²) in [7, 11) is 0. The first-order valence-electron chi connectivity index (χ1n) is 19.6. The Morgan fingerprint density at radius 1 is 0.786 bits per heavy atom. The van der Waals surface area contributed by atoms with Gasteiger partial charge in [-0.1, -0.05) is 17.7 Å². The molecule has 2 N–H and O–H groups in total. The second-order valence-corrected chi connectivity index (χ2v) is 25.4. The third kappa shape index (κ3) is 10.7. The van der Waals surface area contributed by atoms with Gasteiger partial charge < -0.3 is 28.4 Å². The number of nitrogens with zero attached hydrogens (tertiary/aromatic N) is 4. The molecule has 2 aromatic rings. The lowest BCUT2D eigenvalue weighted by Crippen LogP contribution is -2.51. The third-order valence-corrected chi connectivity index (χ3v) is 15.2. The summed E-state index contributed by atoms with van der Waals surface area (Å²) >= 11 is 5.27. The van der Waals surface area contributed by atoms with Crippen LogP contribution in [0.5, 0.6) is 0 Å². The first-order valence-corrected chi connectivity index (χ1v) is 23.1. The van der Waals surface area contributed by atoms with Crippen molar-refractivity contribution in [2.24, 2.45) is 10.8 Å². The van der Waals surface area contributed by atoms with Crippen molar-refractivity contribution in [2.75, 3.05) is 26.2 Å². The van der Waals surface area contributed by atoms with Crippen molar-refractivity contribution in [3.63, 3.8) is 0 Å². The Balaban J connectivity index is 0.000000214. The van der Waals surface area contributed by atoms with Crippen molar-refractivity contribution in [3.8, 4) is 0 Å². The number of rotatable bonds is 4. The quantitative estimate of drug-likeness (QED) is 0.288. The predicted molar refractivity (Wildman–Crippen MR) is 225 cm³/mol. The average Bonchev–Trinajstić information content (AvgIpc) is 3.65. The van der Waals surface area contributed by atoms with E-state index in [9.17, 15) is 18.7 Å². The number of pyridine rings is 1. The van der Waals surface area contributed by atoms with Gasteiger partial charge in [0.05, 0.1) is 11.7 Å². The number of amides is 2. The largest absolute Gasteiger partial charge is 0.598 e. The molecule has 2 amide bonds. The molecule has 16 heteroatoms. The van der Waals surface area contributed by atoms with Crippen molar-refractivity contribution in [2.45, 2.75) is 154 Å². The molecule has 2 aliphatic carbocycles. The minimum absolute atomic E-state index is 0.0166. The maximum Gasteiger partial charge on any atom is 0.410 e. The summed E-state index contributed by atoms with van der Waals surface area (Å²) in [5.41, 5.74) is 1.99. The number of piperidine rings is 2. The fourth-order valence-electron chi connectivity index (χ4n) is 7.81. The zero-order valence-corrected chi connectivity index (χ0v) is 38.5. The highest BCUT2D eigenvalue weighted by atomic mass is 35.5. The van der Waals surface area contributed by atoms with Crippen LogP contribution in [-0.2, 0) is 45.0 Å². The monoisotopic (exact) mass is 854 g/mol. The number of hydrogen-bond donors (Lipinski definition) is 2. The Kier molecular flexibility index (Phi) is 13.5. The Hall–Kier alpha value is -1.85. The van der Waals surface area contributed by atoms with Crippen LogP contribution in [0.2, 0.25) is 4.47 Å². The van der Waals surface area contributed by atoms with Gasteiger partial charge in [-0.2, -0.15) is 0 Å². The van der Waals surface area contributed by atoms with E-state index < -0.39 is 33.9 Å². The topological polar surface area (TPSA) is 155 Å². The van der Waals surface area contributed by atoms with E-state index in [4.69, 9.17) is 21.1 Å². The molecule has 2 fully saturated rings. The Morgan fingerprint density at radius 3 is 1.68 bits per heavy atom. The minimum atomic E-state index is -1.22. The van der Waals surface area contributed by atoms with Gasteiger partial charge in [0, 0.05) is 76.5 Å². The molecule has 12 nitrogen and oxygen atoms in total. The number of aromatic nitrogens is 2. The fourth-order valence-corrected chi connectivity index (χ4v) is 11.0. The molecule has 2 spiro atoms. The van der Waals surface area contributed by atoms with E-state index in [1.807, 2.05) is 95.3 Å². The summed E-state index contributed by atoms with van der Waals surface area (Å²) in [5.74, 6) is 0. The molecule has 2 aliphatic heterocycles. The van der Waals surface area contributed by atoms with Gasteiger partial charge in [0.1, 0.15) is 26.7 Å². The maximum atomic E-state index is 12.9. The first kappa shape index (κ1) is 45.2.